The van der Waals surface area contributed by atoms with Crippen molar-refractivity contribution in [2.45, 2.75) is 39.9 Å². The molecule has 0 saturated carbocycles. The van der Waals surface area contributed by atoms with E-state index in [1.54, 1.807) is 0 Å². The van der Waals surface area contributed by atoms with E-state index in [4.69, 9.17) is 4.74 Å². The summed E-state index contributed by atoms with van der Waals surface area (Å²) in [4.78, 5) is 2.17. The van der Waals surface area contributed by atoms with Gasteiger partial charge in [0.25, 0.3) is 0 Å². The average molecular weight is 173 g/mol. The molecule has 0 rings (SSSR count). The molecule has 0 aromatic carbocycles. The Morgan fingerprint density at radius 1 is 1.08 bits per heavy atom. The Labute approximate surface area is 76.9 Å². The molecule has 0 radical (unpaired) electrons. The van der Waals surface area contributed by atoms with Crippen molar-refractivity contribution in [1.29, 1.82) is 0 Å². The van der Waals surface area contributed by atoms with Gasteiger partial charge >= 0.3 is 0 Å². The van der Waals surface area contributed by atoms with Gasteiger partial charge in [0.15, 0.2) is 0 Å². The minimum atomic E-state index is 0.331. The summed E-state index contributed by atoms with van der Waals surface area (Å²) in [6.07, 6.45) is 0.692. The summed E-state index contributed by atoms with van der Waals surface area (Å²) in [7, 11) is 4.16. The molecular formula is C10H23NO. The first-order valence-corrected chi connectivity index (χ1v) is 4.73. The molecule has 0 aliphatic carbocycles. The standard InChI is InChI=1S/C10H23NO/c1-8(2)10(7-11(5)6)12-9(3)4/h8-10H,7H2,1-6H3. The zero-order valence-corrected chi connectivity index (χ0v) is 9.29. The third kappa shape index (κ3) is 5.56. The molecular weight excluding hydrogens is 150 g/mol. The summed E-state index contributed by atoms with van der Waals surface area (Å²) in [6, 6.07) is 0. The van der Waals surface area contributed by atoms with E-state index in [9.17, 15) is 0 Å². The zero-order chi connectivity index (χ0) is 9.72. The zero-order valence-electron chi connectivity index (χ0n) is 9.29. The number of rotatable bonds is 5. The molecule has 0 bridgehead atoms. The second-order valence-corrected chi connectivity index (χ2v) is 4.23. The molecule has 1 unspecified atom stereocenters. The van der Waals surface area contributed by atoms with Crippen LogP contribution in [0.15, 0.2) is 0 Å². The van der Waals surface area contributed by atoms with Crippen LogP contribution in [-0.4, -0.2) is 37.7 Å². The van der Waals surface area contributed by atoms with E-state index in [0.29, 0.717) is 18.1 Å². The summed E-state index contributed by atoms with van der Waals surface area (Å²) < 4.78 is 5.78. The molecule has 0 amide bonds. The summed E-state index contributed by atoms with van der Waals surface area (Å²) in [5.74, 6) is 0.592. The minimum absolute atomic E-state index is 0.331. The van der Waals surface area contributed by atoms with Gasteiger partial charge in [-0.1, -0.05) is 13.8 Å². The lowest BCUT2D eigenvalue weighted by atomic mass is 10.1. The van der Waals surface area contributed by atoms with Gasteiger partial charge in [-0.25, -0.2) is 0 Å². The van der Waals surface area contributed by atoms with Crippen LogP contribution < -0.4 is 0 Å². The van der Waals surface area contributed by atoms with Gasteiger partial charge in [0.1, 0.15) is 0 Å². The highest BCUT2D eigenvalue weighted by molar-refractivity contribution is 4.66. The Morgan fingerprint density at radius 2 is 1.58 bits per heavy atom. The SMILES string of the molecule is CC(C)OC(CN(C)C)C(C)C. The molecule has 0 N–H and O–H groups in total. The molecule has 0 aromatic rings. The molecule has 12 heavy (non-hydrogen) atoms. The maximum atomic E-state index is 5.78. The normalized spacial score (nSPS) is 14.8. The first-order valence-electron chi connectivity index (χ1n) is 4.73. The van der Waals surface area contributed by atoms with E-state index in [-0.39, 0.29) is 0 Å². The van der Waals surface area contributed by atoms with Crippen molar-refractivity contribution >= 4 is 0 Å². The van der Waals surface area contributed by atoms with Gasteiger partial charge in [-0.2, -0.15) is 0 Å². The lowest BCUT2D eigenvalue weighted by Gasteiger charge is -2.26. The fourth-order valence-corrected chi connectivity index (χ4v) is 1.12. The van der Waals surface area contributed by atoms with Crippen LogP contribution in [0.3, 0.4) is 0 Å². The van der Waals surface area contributed by atoms with Gasteiger partial charge in [-0.3, -0.25) is 0 Å². The van der Waals surface area contributed by atoms with Gasteiger partial charge in [0.2, 0.25) is 0 Å². The van der Waals surface area contributed by atoms with E-state index in [0.717, 1.165) is 6.54 Å². The predicted molar refractivity (Wildman–Crippen MR) is 53.4 cm³/mol. The largest absolute Gasteiger partial charge is 0.374 e. The third-order valence-corrected chi connectivity index (χ3v) is 1.74. The monoisotopic (exact) mass is 173 g/mol. The van der Waals surface area contributed by atoms with Crippen LogP contribution in [0.25, 0.3) is 0 Å². The van der Waals surface area contributed by atoms with Crippen LogP contribution in [0.4, 0.5) is 0 Å². The number of hydrogen-bond acceptors (Lipinski definition) is 2. The van der Waals surface area contributed by atoms with Crippen LogP contribution in [0.1, 0.15) is 27.7 Å². The van der Waals surface area contributed by atoms with E-state index >= 15 is 0 Å². The summed E-state index contributed by atoms with van der Waals surface area (Å²) in [6.45, 7) is 9.60. The molecule has 0 aliphatic rings. The van der Waals surface area contributed by atoms with Gasteiger partial charge in [-0.05, 0) is 33.9 Å². The van der Waals surface area contributed by atoms with E-state index in [1.807, 2.05) is 0 Å². The second-order valence-electron chi connectivity index (χ2n) is 4.23. The van der Waals surface area contributed by atoms with E-state index < -0.39 is 0 Å². The van der Waals surface area contributed by atoms with Crippen molar-refractivity contribution in [2.24, 2.45) is 5.92 Å². The Morgan fingerprint density at radius 3 is 1.83 bits per heavy atom. The average Bonchev–Trinajstić information content (AvgIpc) is 1.83. The van der Waals surface area contributed by atoms with Crippen LogP contribution in [-0.2, 0) is 4.74 Å². The summed E-state index contributed by atoms with van der Waals surface area (Å²) in [5.41, 5.74) is 0. The molecule has 74 valence electrons. The Balaban J connectivity index is 3.87. The highest BCUT2D eigenvalue weighted by Crippen LogP contribution is 2.09. The molecule has 0 fully saturated rings. The number of ether oxygens (including phenoxy) is 1. The molecule has 0 spiro atoms. The fourth-order valence-electron chi connectivity index (χ4n) is 1.12. The highest BCUT2D eigenvalue weighted by Gasteiger charge is 2.15. The van der Waals surface area contributed by atoms with Crippen molar-refractivity contribution < 1.29 is 4.74 Å². The minimum Gasteiger partial charge on any atom is -0.374 e. The van der Waals surface area contributed by atoms with Gasteiger partial charge < -0.3 is 9.64 Å². The summed E-state index contributed by atoms with van der Waals surface area (Å²) in [5, 5.41) is 0. The number of hydrogen-bond donors (Lipinski definition) is 0. The number of nitrogens with zero attached hydrogens (tertiary/aromatic N) is 1. The van der Waals surface area contributed by atoms with E-state index in [2.05, 4.69) is 46.7 Å². The number of likely N-dealkylation sites (N-methyl/N-ethyl adjacent to an activating group) is 1. The Hall–Kier alpha value is -0.0800. The third-order valence-electron chi connectivity index (χ3n) is 1.74. The maximum absolute atomic E-state index is 5.78. The lowest BCUT2D eigenvalue weighted by molar-refractivity contribution is -0.0297. The van der Waals surface area contributed by atoms with Crippen LogP contribution in [0.5, 0.6) is 0 Å². The maximum Gasteiger partial charge on any atom is 0.0728 e. The Bertz CT molecular complexity index is 100. The van der Waals surface area contributed by atoms with Crippen molar-refractivity contribution in [3.8, 4) is 0 Å². The topological polar surface area (TPSA) is 12.5 Å². The van der Waals surface area contributed by atoms with Crippen molar-refractivity contribution in [3.05, 3.63) is 0 Å². The molecule has 1 atom stereocenters. The fraction of sp³-hybridized carbons (Fsp3) is 1.00. The van der Waals surface area contributed by atoms with E-state index in [1.165, 1.54) is 0 Å². The molecule has 2 nitrogen and oxygen atoms in total. The lowest BCUT2D eigenvalue weighted by Crippen LogP contribution is -2.34. The summed E-state index contributed by atoms with van der Waals surface area (Å²) >= 11 is 0. The van der Waals surface area contributed by atoms with Crippen molar-refractivity contribution in [3.63, 3.8) is 0 Å². The van der Waals surface area contributed by atoms with Crippen LogP contribution in [0.2, 0.25) is 0 Å². The molecule has 2 heteroatoms. The predicted octanol–water partition coefficient (Wildman–Crippen LogP) is 2.00. The molecule has 0 saturated heterocycles. The van der Waals surface area contributed by atoms with Gasteiger partial charge in [0, 0.05) is 6.54 Å². The van der Waals surface area contributed by atoms with Crippen LogP contribution in [0, 0.1) is 5.92 Å². The van der Waals surface area contributed by atoms with Crippen molar-refractivity contribution in [2.75, 3.05) is 20.6 Å². The first kappa shape index (κ1) is 11.9. The van der Waals surface area contributed by atoms with Crippen molar-refractivity contribution in [1.82, 2.24) is 4.90 Å². The molecule has 0 aliphatic heterocycles. The smallest absolute Gasteiger partial charge is 0.0728 e. The molecule has 0 heterocycles. The van der Waals surface area contributed by atoms with Gasteiger partial charge in [0.05, 0.1) is 12.2 Å². The quantitative estimate of drug-likeness (QED) is 0.630. The second kappa shape index (κ2) is 5.55. The molecule has 0 aromatic heterocycles. The highest BCUT2D eigenvalue weighted by atomic mass is 16.5. The van der Waals surface area contributed by atoms with Crippen LogP contribution >= 0.6 is 0 Å². The van der Waals surface area contributed by atoms with Gasteiger partial charge in [-0.15, -0.1) is 0 Å². The Kier molecular flexibility index (Phi) is 5.51. The first-order chi connectivity index (χ1) is 5.43.